The Balaban J connectivity index is 1.99. The number of hydrogen-bond donors (Lipinski definition) is 2. The van der Waals surface area contributed by atoms with Crippen LogP contribution in [0.15, 0.2) is 12.2 Å². The van der Waals surface area contributed by atoms with Gasteiger partial charge in [0.1, 0.15) is 12.2 Å². The summed E-state index contributed by atoms with van der Waals surface area (Å²) in [5.74, 6) is -0.776. The number of nitrogens with zero attached hydrogens (tertiary/aromatic N) is 1. The molecule has 12 heteroatoms. The van der Waals surface area contributed by atoms with E-state index in [-0.39, 0.29) is 30.3 Å². The molecule has 9 nitrogen and oxygen atoms in total. The second-order valence-electron chi connectivity index (χ2n) is 6.46. The number of imide groups is 1. The molecule has 0 spiro atoms. The zero-order chi connectivity index (χ0) is 20.9. The zero-order valence-electron chi connectivity index (χ0n) is 15.9. The molecule has 2 unspecified atom stereocenters. The minimum absolute atomic E-state index is 0.0918. The Kier molecular flexibility index (Phi) is 8.65. The second kappa shape index (κ2) is 10.3. The highest BCUT2D eigenvalue weighted by Crippen LogP contribution is 2.48. The molecule has 0 bridgehead atoms. The van der Waals surface area contributed by atoms with Gasteiger partial charge in [-0.1, -0.05) is 12.2 Å². The van der Waals surface area contributed by atoms with Crippen molar-refractivity contribution in [3.63, 3.8) is 0 Å². The lowest BCUT2D eigenvalue weighted by Gasteiger charge is -2.28. The predicted octanol–water partition coefficient (Wildman–Crippen LogP) is 0.517. The van der Waals surface area contributed by atoms with E-state index in [1.807, 2.05) is 0 Å². The Morgan fingerprint density at radius 1 is 1.29 bits per heavy atom. The van der Waals surface area contributed by atoms with Gasteiger partial charge in [-0.15, -0.1) is 0 Å². The van der Waals surface area contributed by atoms with Crippen LogP contribution in [0.3, 0.4) is 0 Å². The molecule has 2 amide bonds. The number of rotatable bonds is 10. The summed E-state index contributed by atoms with van der Waals surface area (Å²) < 4.78 is 21.4. The van der Waals surface area contributed by atoms with Crippen molar-refractivity contribution in [3.8, 4) is 0 Å². The van der Waals surface area contributed by atoms with Crippen LogP contribution in [0.1, 0.15) is 12.8 Å². The van der Waals surface area contributed by atoms with Crippen molar-refractivity contribution in [2.24, 2.45) is 5.92 Å². The minimum Gasteiger partial charge on any atom is -0.384 e. The lowest BCUT2D eigenvalue weighted by Crippen LogP contribution is -2.45. The standard InChI is InChI=1S/C16H25N2O7PS2/c1-22-9-10-8-11(16(23-2)15(10)25-26(21,28)24-3)17-12(27)6-7-18-13(19)4-5-14(18)20/h4-5,10-11,15-16H,6-9H2,1-3H3,(H,17,27)(H,21,28)/t10-,11-,15?,16-,26?/m1/s1. The van der Waals surface area contributed by atoms with Gasteiger partial charge in [-0.25, -0.2) is 0 Å². The lowest BCUT2D eigenvalue weighted by molar-refractivity contribution is -0.136. The molecule has 28 heavy (non-hydrogen) atoms. The Hall–Kier alpha value is -0.780. The molecule has 0 aromatic carbocycles. The molecule has 0 aromatic heterocycles. The van der Waals surface area contributed by atoms with E-state index in [2.05, 4.69) is 5.32 Å². The first kappa shape index (κ1) is 23.5. The van der Waals surface area contributed by atoms with Gasteiger partial charge in [0.05, 0.1) is 17.6 Å². The van der Waals surface area contributed by atoms with Crippen LogP contribution >= 0.6 is 18.9 Å². The fraction of sp³-hybridized carbons (Fsp3) is 0.688. The second-order valence-corrected chi connectivity index (χ2v) is 9.85. The summed E-state index contributed by atoms with van der Waals surface area (Å²) in [5, 5.41) is 3.21. The Labute approximate surface area is 174 Å². The third kappa shape index (κ3) is 5.87. The first-order valence-corrected chi connectivity index (χ1v) is 11.6. The van der Waals surface area contributed by atoms with Crippen molar-refractivity contribution < 1.29 is 33.0 Å². The normalized spacial score (nSPS) is 29.4. The number of hydrogen-bond acceptors (Lipinski definition) is 8. The largest absolute Gasteiger partial charge is 0.384 e. The predicted molar refractivity (Wildman–Crippen MR) is 109 cm³/mol. The van der Waals surface area contributed by atoms with Gasteiger partial charge >= 0.3 is 6.72 Å². The van der Waals surface area contributed by atoms with Gasteiger partial charge in [0, 0.05) is 52.4 Å². The first-order valence-electron chi connectivity index (χ1n) is 8.64. The van der Waals surface area contributed by atoms with Crippen LogP contribution < -0.4 is 5.32 Å². The summed E-state index contributed by atoms with van der Waals surface area (Å²) in [6.45, 7) is -2.80. The van der Waals surface area contributed by atoms with Crippen molar-refractivity contribution in [3.05, 3.63) is 12.2 Å². The van der Waals surface area contributed by atoms with Gasteiger partial charge in [0.2, 0.25) is 0 Å². The third-order valence-corrected chi connectivity index (χ3v) is 6.69. The van der Waals surface area contributed by atoms with Crippen molar-refractivity contribution in [2.45, 2.75) is 31.1 Å². The fourth-order valence-electron chi connectivity index (χ4n) is 3.39. The molecule has 2 aliphatic rings. The molecule has 0 radical (unpaired) electrons. The number of thiocarbonyl (C=S) groups is 1. The number of carbonyl (C=O) groups excluding carboxylic acids is 2. The number of nitrogens with one attached hydrogen (secondary N) is 1. The molecule has 2 N–H and O–H groups in total. The maximum absolute atomic E-state index is 11.6. The molecule has 1 heterocycles. The summed E-state index contributed by atoms with van der Waals surface area (Å²) >= 11 is 10.4. The molecule has 1 fully saturated rings. The SMILES string of the molecule is COC[C@H]1C[C@@H](NC(=S)CCN2C(=O)C=CC2=O)[C@@H](OC)C1OP(O)(=S)OC. The van der Waals surface area contributed by atoms with E-state index >= 15 is 0 Å². The smallest absolute Gasteiger partial charge is 0.324 e. The molecule has 158 valence electrons. The molecule has 0 aromatic rings. The number of methoxy groups -OCH3 is 2. The van der Waals surface area contributed by atoms with E-state index in [4.69, 9.17) is 42.5 Å². The van der Waals surface area contributed by atoms with Gasteiger partial charge in [0.15, 0.2) is 0 Å². The van der Waals surface area contributed by atoms with E-state index in [9.17, 15) is 14.5 Å². The Morgan fingerprint density at radius 3 is 2.46 bits per heavy atom. The average Bonchev–Trinajstić information content (AvgIpc) is 3.12. The van der Waals surface area contributed by atoms with Crippen LogP contribution in [0.25, 0.3) is 0 Å². The summed E-state index contributed by atoms with van der Waals surface area (Å²) in [5.41, 5.74) is 0. The monoisotopic (exact) mass is 452 g/mol. The molecule has 0 saturated heterocycles. The highest BCUT2D eigenvalue weighted by atomic mass is 32.5. The minimum atomic E-state index is -3.39. The van der Waals surface area contributed by atoms with E-state index in [1.165, 1.54) is 26.4 Å². The topological polar surface area (TPSA) is 107 Å². The molecule has 2 rings (SSSR count). The van der Waals surface area contributed by atoms with Crippen molar-refractivity contribution in [2.75, 3.05) is 34.5 Å². The van der Waals surface area contributed by atoms with Crippen LogP contribution in [0.4, 0.5) is 0 Å². The Morgan fingerprint density at radius 2 is 1.93 bits per heavy atom. The molecule has 5 atom stereocenters. The van der Waals surface area contributed by atoms with Gasteiger partial charge < -0.3 is 28.7 Å². The van der Waals surface area contributed by atoms with Gasteiger partial charge in [-0.05, 0) is 18.2 Å². The van der Waals surface area contributed by atoms with Crippen LogP contribution in [-0.4, -0.2) is 79.3 Å². The maximum Gasteiger partial charge on any atom is 0.324 e. The average molecular weight is 452 g/mol. The van der Waals surface area contributed by atoms with Crippen LogP contribution in [0.5, 0.6) is 0 Å². The van der Waals surface area contributed by atoms with E-state index in [1.54, 1.807) is 7.11 Å². The number of amides is 2. The van der Waals surface area contributed by atoms with Crippen LogP contribution in [0, 0.1) is 5.92 Å². The third-order valence-electron chi connectivity index (χ3n) is 4.69. The highest BCUT2D eigenvalue weighted by molar-refractivity contribution is 8.07. The van der Waals surface area contributed by atoms with Crippen molar-refractivity contribution >= 4 is 47.5 Å². The highest BCUT2D eigenvalue weighted by Gasteiger charge is 2.47. The van der Waals surface area contributed by atoms with Gasteiger partial charge in [0.25, 0.3) is 11.8 Å². The summed E-state index contributed by atoms with van der Waals surface area (Å²) in [6.07, 6.45) is 2.44. The summed E-state index contributed by atoms with van der Waals surface area (Å²) in [6, 6.07) is -0.211. The van der Waals surface area contributed by atoms with Crippen LogP contribution in [0.2, 0.25) is 0 Å². The number of carbonyl (C=O) groups is 2. The van der Waals surface area contributed by atoms with E-state index < -0.39 is 18.9 Å². The first-order chi connectivity index (χ1) is 13.2. The van der Waals surface area contributed by atoms with Crippen molar-refractivity contribution in [1.29, 1.82) is 0 Å². The molecule has 1 saturated carbocycles. The Bertz CT molecular complexity index is 672. The maximum atomic E-state index is 11.6. The number of ether oxygens (including phenoxy) is 2. The van der Waals surface area contributed by atoms with E-state index in [0.717, 1.165) is 4.90 Å². The lowest BCUT2D eigenvalue weighted by atomic mass is 10.1. The molecular weight excluding hydrogens is 427 g/mol. The van der Waals surface area contributed by atoms with E-state index in [0.29, 0.717) is 24.4 Å². The van der Waals surface area contributed by atoms with Crippen molar-refractivity contribution in [1.82, 2.24) is 10.2 Å². The summed E-state index contributed by atoms with van der Waals surface area (Å²) in [4.78, 5) is 34.9. The van der Waals surface area contributed by atoms with Gasteiger partial charge in [-0.2, -0.15) is 0 Å². The van der Waals surface area contributed by atoms with Crippen LogP contribution in [-0.2, 0) is 39.9 Å². The summed E-state index contributed by atoms with van der Waals surface area (Å²) in [7, 11) is 4.41. The fourth-order valence-corrected chi connectivity index (χ4v) is 4.62. The van der Waals surface area contributed by atoms with Gasteiger partial charge in [-0.3, -0.25) is 14.5 Å². The molecule has 1 aliphatic carbocycles. The quantitative estimate of drug-likeness (QED) is 0.277. The zero-order valence-corrected chi connectivity index (χ0v) is 18.4. The molecular formula is C16H25N2O7PS2. The molecule has 1 aliphatic heterocycles.